The predicted molar refractivity (Wildman–Crippen MR) is 107 cm³/mol. The molecule has 0 aliphatic carbocycles. The van der Waals surface area contributed by atoms with Gasteiger partial charge >= 0.3 is 0 Å². The van der Waals surface area contributed by atoms with Crippen molar-refractivity contribution in [1.29, 1.82) is 0 Å². The molecule has 1 heterocycles. The molecule has 1 aromatic heterocycles. The lowest BCUT2D eigenvalue weighted by molar-refractivity contribution is -0.385. The van der Waals surface area contributed by atoms with Gasteiger partial charge in [0.2, 0.25) is 5.88 Å². The standard InChI is InChI=1S/C19H13BrN4O4/c20-15-3-1-2-14(10-15)19(25)23-22-11-13-4-7-17(8-5-13)28-18-9-6-16(12-21-18)24(26)27/h1-12H,(H,23,25)/b22-11-. The van der Waals surface area contributed by atoms with Gasteiger partial charge in [-0.1, -0.05) is 22.0 Å². The molecule has 0 saturated heterocycles. The number of halogens is 1. The lowest BCUT2D eigenvalue weighted by atomic mass is 10.2. The molecular formula is C19H13BrN4O4. The summed E-state index contributed by atoms with van der Waals surface area (Å²) < 4.78 is 6.34. The molecule has 1 amide bonds. The van der Waals surface area contributed by atoms with Gasteiger partial charge in [-0.25, -0.2) is 10.4 Å². The molecule has 0 bridgehead atoms. The summed E-state index contributed by atoms with van der Waals surface area (Å²) in [6, 6.07) is 16.6. The Hall–Kier alpha value is -3.59. The number of hydrogen-bond donors (Lipinski definition) is 1. The molecule has 0 spiro atoms. The van der Waals surface area contributed by atoms with Crippen LogP contribution in [0.25, 0.3) is 0 Å². The number of carbonyl (C=O) groups excluding carboxylic acids is 1. The number of nitrogens with one attached hydrogen (secondary N) is 1. The molecule has 28 heavy (non-hydrogen) atoms. The van der Waals surface area contributed by atoms with Crippen LogP contribution in [-0.4, -0.2) is 22.0 Å². The van der Waals surface area contributed by atoms with Gasteiger partial charge in [0.15, 0.2) is 0 Å². The number of amides is 1. The number of rotatable bonds is 6. The zero-order chi connectivity index (χ0) is 19.9. The van der Waals surface area contributed by atoms with E-state index >= 15 is 0 Å². The smallest absolute Gasteiger partial charge is 0.287 e. The Kier molecular flexibility index (Phi) is 6.07. The molecule has 9 heteroatoms. The summed E-state index contributed by atoms with van der Waals surface area (Å²) >= 11 is 3.31. The van der Waals surface area contributed by atoms with Gasteiger partial charge < -0.3 is 4.74 Å². The molecule has 0 radical (unpaired) electrons. The highest BCUT2D eigenvalue weighted by Gasteiger charge is 2.06. The van der Waals surface area contributed by atoms with Crippen molar-refractivity contribution in [3.05, 3.63) is 92.6 Å². The Morgan fingerprint density at radius 3 is 2.61 bits per heavy atom. The monoisotopic (exact) mass is 440 g/mol. The predicted octanol–water partition coefficient (Wildman–Crippen LogP) is 4.31. The summed E-state index contributed by atoms with van der Waals surface area (Å²) in [6.07, 6.45) is 2.63. The van der Waals surface area contributed by atoms with E-state index in [-0.39, 0.29) is 17.5 Å². The fraction of sp³-hybridized carbons (Fsp3) is 0. The maximum atomic E-state index is 12.0. The maximum absolute atomic E-state index is 12.0. The molecule has 0 aliphatic rings. The number of benzene rings is 2. The third-order valence-corrected chi connectivity index (χ3v) is 3.99. The molecule has 0 atom stereocenters. The number of nitro groups is 1. The minimum absolute atomic E-state index is 0.108. The van der Waals surface area contributed by atoms with Crippen LogP contribution in [0.3, 0.4) is 0 Å². The van der Waals surface area contributed by atoms with Gasteiger partial charge in [-0.2, -0.15) is 5.10 Å². The number of pyridine rings is 1. The van der Waals surface area contributed by atoms with E-state index in [0.29, 0.717) is 11.3 Å². The number of hydrogen-bond acceptors (Lipinski definition) is 6. The van der Waals surface area contributed by atoms with Crippen LogP contribution in [0, 0.1) is 10.1 Å². The molecule has 0 fully saturated rings. The van der Waals surface area contributed by atoms with Crippen molar-refractivity contribution in [2.24, 2.45) is 5.10 Å². The third-order valence-electron chi connectivity index (χ3n) is 3.50. The highest BCUT2D eigenvalue weighted by atomic mass is 79.9. The topological polar surface area (TPSA) is 107 Å². The molecule has 3 aromatic rings. The van der Waals surface area contributed by atoms with Crippen LogP contribution in [0.4, 0.5) is 5.69 Å². The van der Waals surface area contributed by atoms with Gasteiger partial charge in [0.1, 0.15) is 11.9 Å². The number of aromatic nitrogens is 1. The van der Waals surface area contributed by atoms with Crippen LogP contribution in [0.2, 0.25) is 0 Å². The second kappa shape index (κ2) is 8.87. The van der Waals surface area contributed by atoms with Crippen LogP contribution in [-0.2, 0) is 0 Å². The van der Waals surface area contributed by atoms with E-state index in [1.165, 1.54) is 18.3 Å². The van der Waals surface area contributed by atoms with Crippen molar-refractivity contribution >= 4 is 33.7 Å². The van der Waals surface area contributed by atoms with Crippen LogP contribution < -0.4 is 10.2 Å². The first-order valence-electron chi connectivity index (χ1n) is 7.98. The minimum atomic E-state index is -0.527. The summed E-state index contributed by atoms with van der Waals surface area (Å²) in [5, 5.41) is 14.5. The van der Waals surface area contributed by atoms with Crippen molar-refractivity contribution in [2.45, 2.75) is 0 Å². The first-order valence-corrected chi connectivity index (χ1v) is 8.78. The van der Waals surface area contributed by atoms with Gasteiger partial charge in [-0.3, -0.25) is 14.9 Å². The third kappa shape index (κ3) is 5.21. The van der Waals surface area contributed by atoms with Gasteiger partial charge in [0.05, 0.1) is 11.1 Å². The van der Waals surface area contributed by atoms with Crippen molar-refractivity contribution in [3.63, 3.8) is 0 Å². The average molecular weight is 441 g/mol. The summed E-state index contributed by atoms with van der Waals surface area (Å²) in [4.78, 5) is 26.0. The summed E-state index contributed by atoms with van der Waals surface area (Å²) in [5.41, 5.74) is 3.59. The molecule has 2 aromatic carbocycles. The number of carbonyl (C=O) groups is 1. The lowest BCUT2D eigenvalue weighted by Gasteiger charge is -2.04. The summed E-state index contributed by atoms with van der Waals surface area (Å²) in [5.74, 6) is 0.437. The molecule has 0 aliphatic heterocycles. The highest BCUT2D eigenvalue weighted by molar-refractivity contribution is 9.10. The fourth-order valence-electron chi connectivity index (χ4n) is 2.14. The SMILES string of the molecule is O=C(N/N=C\c1ccc(Oc2ccc([N+](=O)[O-])cn2)cc1)c1cccc(Br)c1. The van der Waals surface area contributed by atoms with Gasteiger partial charge in [-0.15, -0.1) is 0 Å². The first kappa shape index (κ1) is 19.2. The molecule has 0 saturated carbocycles. The average Bonchev–Trinajstić information content (AvgIpc) is 2.69. The first-order chi connectivity index (χ1) is 13.5. The zero-order valence-electron chi connectivity index (χ0n) is 14.3. The second-order valence-electron chi connectivity index (χ2n) is 5.49. The normalized spacial score (nSPS) is 10.6. The second-order valence-corrected chi connectivity index (χ2v) is 6.41. The Bertz CT molecular complexity index is 1020. The Balaban J connectivity index is 1.57. The van der Waals surface area contributed by atoms with Gasteiger partial charge in [-0.05, 0) is 48.0 Å². The molecule has 8 nitrogen and oxygen atoms in total. The lowest BCUT2D eigenvalue weighted by Crippen LogP contribution is -2.17. The van der Waals surface area contributed by atoms with E-state index in [1.807, 2.05) is 6.07 Å². The van der Waals surface area contributed by atoms with Crippen LogP contribution >= 0.6 is 15.9 Å². The van der Waals surface area contributed by atoms with E-state index in [1.54, 1.807) is 42.5 Å². The maximum Gasteiger partial charge on any atom is 0.287 e. The molecule has 1 N–H and O–H groups in total. The molecular weight excluding hydrogens is 428 g/mol. The Morgan fingerprint density at radius 2 is 1.96 bits per heavy atom. The van der Waals surface area contributed by atoms with Crippen molar-refractivity contribution in [3.8, 4) is 11.6 Å². The quantitative estimate of drug-likeness (QED) is 0.349. The van der Waals surface area contributed by atoms with E-state index < -0.39 is 4.92 Å². The van der Waals surface area contributed by atoms with Crippen molar-refractivity contribution in [1.82, 2.24) is 10.4 Å². The van der Waals surface area contributed by atoms with Crippen molar-refractivity contribution in [2.75, 3.05) is 0 Å². The number of ether oxygens (including phenoxy) is 1. The largest absolute Gasteiger partial charge is 0.439 e. The number of nitrogens with zero attached hydrogens (tertiary/aromatic N) is 3. The molecule has 0 unspecified atom stereocenters. The highest BCUT2D eigenvalue weighted by Crippen LogP contribution is 2.21. The van der Waals surface area contributed by atoms with E-state index in [4.69, 9.17) is 4.74 Å². The van der Waals surface area contributed by atoms with E-state index in [2.05, 4.69) is 31.4 Å². The Morgan fingerprint density at radius 1 is 1.18 bits per heavy atom. The fourth-order valence-corrected chi connectivity index (χ4v) is 2.54. The zero-order valence-corrected chi connectivity index (χ0v) is 15.9. The van der Waals surface area contributed by atoms with Crippen LogP contribution in [0.1, 0.15) is 15.9 Å². The van der Waals surface area contributed by atoms with E-state index in [0.717, 1.165) is 16.2 Å². The molecule has 140 valence electrons. The van der Waals surface area contributed by atoms with Crippen molar-refractivity contribution < 1.29 is 14.5 Å². The summed E-state index contributed by atoms with van der Waals surface area (Å²) in [6.45, 7) is 0. The summed E-state index contributed by atoms with van der Waals surface area (Å²) in [7, 11) is 0. The van der Waals surface area contributed by atoms with Crippen LogP contribution in [0.5, 0.6) is 11.6 Å². The van der Waals surface area contributed by atoms with Gasteiger partial charge in [0.25, 0.3) is 11.6 Å². The molecule has 3 rings (SSSR count). The Labute approximate surface area is 168 Å². The minimum Gasteiger partial charge on any atom is -0.439 e. The van der Waals surface area contributed by atoms with E-state index in [9.17, 15) is 14.9 Å². The van der Waals surface area contributed by atoms with Crippen LogP contribution in [0.15, 0.2) is 76.4 Å². The number of hydrazone groups is 1. The van der Waals surface area contributed by atoms with Gasteiger partial charge in [0, 0.05) is 22.2 Å².